The molecule has 3 aromatic rings. The molecule has 4 heteroatoms. The zero-order chi connectivity index (χ0) is 14.8. The molecule has 0 spiro atoms. The van der Waals surface area contributed by atoms with Crippen LogP contribution in [0.4, 0.5) is 5.82 Å². The van der Waals surface area contributed by atoms with Crippen LogP contribution in [0.5, 0.6) is 0 Å². The number of morpholine rings is 1. The maximum absolute atomic E-state index is 5.41. The minimum absolute atomic E-state index is 0.786. The van der Waals surface area contributed by atoms with Crippen molar-refractivity contribution in [3.8, 4) is 0 Å². The highest BCUT2D eigenvalue weighted by Crippen LogP contribution is 2.19. The van der Waals surface area contributed by atoms with Gasteiger partial charge in [-0.2, -0.15) is 0 Å². The van der Waals surface area contributed by atoms with E-state index >= 15 is 0 Å². The SMILES string of the molecule is c1ccc2c(c1)ccn2Cc1ccnc(N2CCOCC2)c1. The molecule has 0 saturated carbocycles. The summed E-state index contributed by atoms with van der Waals surface area (Å²) in [5.74, 6) is 1.05. The standard InChI is InChI=1S/C18H19N3O/c1-2-4-17-16(3-1)6-8-21(17)14-15-5-7-19-18(13-15)20-9-11-22-12-10-20/h1-8,13H,9-12,14H2. The molecule has 3 heterocycles. The number of anilines is 1. The van der Waals surface area contributed by atoms with E-state index in [1.165, 1.54) is 16.5 Å². The first-order valence-corrected chi connectivity index (χ1v) is 7.72. The number of nitrogens with zero attached hydrogens (tertiary/aromatic N) is 3. The van der Waals surface area contributed by atoms with Gasteiger partial charge in [0.1, 0.15) is 5.82 Å². The Morgan fingerprint density at radius 1 is 1.05 bits per heavy atom. The highest BCUT2D eigenvalue weighted by Gasteiger charge is 2.12. The number of pyridine rings is 1. The molecule has 1 aromatic carbocycles. The maximum Gasteiger partial charge on any atom is 0.128 e. The van der Waals surface area contributed by atoms with E-state index in [-0.39, 0.29) is 0 Å². The van der Waals surface area contributed by atoms with Crippen LogP contribution in [0.3, 0.4) is 0 Å². The lowest BCUT2D eigenvalue weighted by molar-refractivity contribution is 0.122. The first-order chi connectivity index (χ1) is 10.9. The molecule has 4 nitrogen and oxygen atoms in total. The Hall–Kier alpha value is -2.33. The fourth-order valence-electron chi connectivity index (χ4n) is 3.00. The van der Waals surface area contributed by atoms with Gasteiger partial charge in [-0.1, -0.05) is 18.2 Å². The summed E-state index contributed by atoms with van der Waals surface area (Å²) in [5.41, 5.74) is 2.55. The molecule has 1 fully saturated rings. The van der Waals surface area contributed by atoms with Gasteiger partial charge in [0.25, 0.3) is 0 Å². The van der Waals surface area contributed by atoms with Gasteiger partial charge in [0.2, 0.25) is 0 Å². The molecular weight excluding hydrogens is 274 g/mol. The van der Waals surface area contributed by atoms with Gasteiger partial charge in [-0.3, -0.25) is 0 Å². The van der Waals surface area contributed by atoms with Crippen molar-refractivity contribution < 1.29 is 4.74 Å². The van der Waals surface area contributed by atoms with Crippen LogP contribution in [0.1, 0.15) is 5.56 Å². The summed E-state index contributed by atoms with van der Waals surface area (Å²) in [5, 5.41) is 1.28. The topological polar surface area (TPSA) is 30.3 Å². The minimum atomic E-state index is 0.786. The van der Waals surface area contributed by atoms with Crippen LogP contribution in [-0.2, 0) is 11.3 Å². The van der Waals surface area contributed by atoms with Crippen LogP contribution in [-0.4, -0.2) is 35.9 Å². The van der Waals surface area contributed by atoms with E-state index in [9.17, 15) is 0 Å². The molecule has 2 aromatic heterocycles. The number of benzene rings is 1. The van der Waals surface area contributed by atoms with Crippen LogP contribution in [0, 0.1) is 0 Å². The summed E-state index contributed by atoms with van der Waals surface area (Å²) in [6.07, 6.45) is 4.06. The molecule has 22 heavy (non-hydrogen) atoms. The van der Waals surface area contributed by atoms with Crippen LogP contribution >= 0.6 is 0 Å². The Morgan fingerprint density at radius 2 is 1.91 bits per heavy atom. The van der Waals surface area contributed by atoms with E-state index < -0.39 is 0 Å². The third kappa shape index (κ3) is 2.57. The number of para-hydroxylation sites is 1. The third-order valence-electron chi connectivity index (χ3n) is 4.18. The highest BCUT2D eigenvalue weighted by atomic mass is 16.5. The van der Waals surface area contributed by atoms with Crippen molar-refractivity contribution in [2.24, 2.45) is 0 Å². The predicted molar refractivity (Wildman–Crippen MR) is 88.3 cm³/mol. The lowest BCUT2D eigenvalue weighted by Crippen LogP contribution is -2.36. The Balaban J connectivity index is 1.60. The van der Waals surface area contributed by atoms with Gasteiger partial charge in [0.05, 0.1) is 13.2 Å². The van der Waals surface area contributed by atoms with Crippen LogP contribution in [0.25, 0.3) is 10.9 Å². The molecule has 1 aliphatic rings. The van der Waals surface area contributed by atoms with Gasteiger partial charge in [-0.15, -0.1) is 0 Å². The van der Waals surface area contributed by atoms with E-state index in [0.29, 0.717) is 0 Å². The van der Waals surface area contributed by atoms with Gasteiger partial charge < -0.3 is 14.2 Å². The first kappa shape index (κ1) is 13.3. The molecule has 112 valence electrons. The van der Waals surface area contributed by atoms with E-state index in [1.54, 1.807) is 0 Å². The van der Waals surface area contributed by atoms with E-state index in [2.05, 4.69) is 63.1 Å². The molecule has 0 atom stereocenters. The molecule has 1 aliphatic heterocycles. The zero-order valence-electron chi connectivity index (χ0n) is 12.5. The molecular formula is C18H19N3O. The fraction of sp³-hybridized carbons (Fsp3) is 0.278. The summed E-state index contributed by atoms with van der Waals surface area (Å²) >= 11 is 0. The smallest absolute Gasteiger partial charge is 0.128 e. The first-order valence-electron chi connectivity index (χ1n) is 7.72. The Morgan fingerprint density at radius 3 is 2.82 bits per heavy atom. The zero-order valence-corrected chi connectivity index (χ0v) is 12.5. The van der Waals surface area contributed by atoms with Gasteiger partial charge in [-0.25, -0.2) is 4.98 Å². The fourth-order valence-corrected chi connectivity index (χ4v) is 3.00. The lowest BCUT2D eigenvalue weighted by atomic mass is 10.2. The van der Waals surface area contributed by atoms with Crippen molar-refractivity contribution in [2.75, 3.05) is 31.2 Å². The maximum atomic E-state index is 5.41. The monoisotopic (exact) mass is 293 g/mol. The molecule has 0 amide bonds. The van der Waals surface area contributed by atoms with Crippen LogP contribution in [0.2, 0.25) is 0 Å². The Bertz CT molecular complexity index is 775. The average Bonchev–Trinajstić information content (AvgIpc) is 2.99. The number of fused-ring (bicyclic) bond motifs is 1. The van der Waals surface area contributed by atoms with Crippen LogP contribution in [0.15, 0.2) is 54.9 Å². The number of hydrogen-bond acceptors (Lipinski definition) is 3. The predicted octanol–water partition coefficient (Wildman–Crippen LogP) is 2.92. The van der Waals surface area contributed by atoms with Crippen molar-refractivity contribution in [1.82, 2.24) is 9.55 Å². The van der Waals surface area contributed by atoms with Crippen molar-refractivity contribution in [1.29, 1.82) is 0 Å². The van der Waals surface area contributed by atoms with Gasteiger partial charge in [-0.05, 0) is 35.2 Å². The summed E-state index contributed by atoms with van der Waals surface area (Å²) in [6.45, 7) is 4.28. The molecule has 0 unspecified atom stereocenters. The molecule has 0 bridgehead atoms. The summed E-state index contributed by atoms with van der Waals surface area (Å²) < 4.78 is 7.70. The lowest BCUT2D eigenvalue weighted by Gasteiger charge is -2.28. The number of rotatable bonds is 3. The Labute approximate surface area is 130 Å². The van der Waals surface area contributed by atoms with Gasteiger partial charge >= 0.3 is 0 Å². The average molecular weight is 293 g/mol. The summed E-state index contributed by atoms with van der Waals surface area (Å²) in [7, 11) is 0. The summed E-state index contributed by atoms with van der Waals surface area (Å²) in [4.78, 5) is 6.81. The van der Waals surface area contributed by atoms with Crippen molar-refractivity contribution in [2.45, 2.75) is 6.54 Å². The largest absolute Gasteiger partial charge is 0.378 e. The van der Waals surface area contributed by atoms with Gasteiger partial charge in [0.15, 0.2) is 0 Å². The van der Waals surface area contributed by atoms with Crippen molar-refractivity contribution in [3.05, 3.63) is 60.4 Å². The van der Waals surface area contributed by atoms with E-state index in [0.717, 1.165) is 38.7 Å². The van der Waals surface area contributed by atoms with Gasteiger partial charge in [0, 0.05) is 37.5 Å². The van der Waals surface area contributed by atoms with E-state index in [1.807, 2.05) is 6.20 Å². The second-order valence-electron chi connectivity index (χ2n) is 5.62. The van der Waals surface area contributed by atoms with Crippen LogP contribution < -0.4 is 4.90 Å². The Kier molecular flexibility index (Phi) is 3.52. The molecule has 1 saturated heterocycles. The summed E-state index contributed by atoms with van der Waals surface area (Å²) in [6, 6.07) is 14.9. The van der Waals surface area contributed by atoms with Crippen molar-refractivity contribution in [3.63, 3.8) is 0 Å². The number of ether oxygens (including phenoxy) is 1. The second kappa shape index (κ2) is 5.81. The quantitative estimate of drug-likeness (QED) is 0.744. The van der Waals surface area contributed by atoms with E-state index in [4.69, 9.17) is 4.74 Å². The number of hydrogen-bond donors (Lipinski definition) is 0. The highest BCUT2D eigenvalue weighted by molar-refractivity contribution is 5.80. The molecule has 0 N–H and O–H groups in total. The van der Waals surface area contributed by atoms with Crippen molar-refractivity contribution >= 4 is 16.7 Å². The second-order valence-corrected chi connectivity index (χ2v) is 5.62. The molecule has 0 radical (unpaired) electrons. The molecule has 4 rings (SSSR count). The normalized spacial score (nSPS) is 15.4. The third-order valence-corrected chi connectivity index (χ3v) is 4.18. The minimum Gasteiger partial charge on any atom is -0.378 e. The number of aromatic nitrogens is 2. The molecule has 0 aliphatic carbocycles.